The number of rotatable bonds is 3. The fourth-order valence-electron chi connectivity index (χ4n) is 3.51. The molecule has 5 nitrogen and oxygen atoms in total. The van der Waals surface area contributed by atoms with E-state index >= 15 is 0 Å². The van der Waals surface area contributed by atoms with E-state index < -0.39 is 17.4 Å². The van der Waals surface area contributed by atoms with Crippen LogP contribution in [0.5, 0.6) is 0 Å². The van der Waals surface area contributed by atoms with Crippen LogP contribution in [0.1, 0.15) is 23.7 Å². The van der Waals surface area contributed by atoms with E-state index in [0.29, 0.717) is 24.4 Å². The molecule has 1 aliphatic heterocycles. The van der Waals surface area contributed by atoms with Crippen molar-refractivity contribution < 1.29 is 19.5 Å². The minimum atomic E-state index is -0.779. The summed E-state index contributed by atoms with van der Waals surface area (Å²) in [6.07, 6.45) is 0.659. The molecule has 0 radical (unpaired) electrons. The van der Waals surface area contributed by atoms with Gasteiger partial charge in [0.05, 0.1) is 17.5 Å². The summed E-state index contributed by atoms with van der Waals surface area (Å²) >= 11 is 0. The van der Waals surface area contributed by atoms with Gasteiger partial charge in [0.25, 0.3) is 0 Å². The number of fused-ring (bicyclic) bond motifs is 1. The number of hydroxylamine groups is 2. The molecule has 3 rings (SSSR count). The van der Waals surface area contributed by atoms with E-state index in [1.807, 2.05) is 13.0 Å². The second-order valence-corrected chi connectivity index (χ2v) is 5.82. The fraction of sp³-hybridized carbons (Fsp3) is 0.467. The molecular formula is C15H17NO4. The van der Waals surface area contributed by atoms with E-state index in [9.17, 15) is 14.7 Å². The van der Waals surface area contributed by atoms with Gasteiger partial charge < -0.3 is 9.94 Å². The van der Waals surface area contributed by atoms with Crippen LogP contribution in [0.2, 0.25) is 0 Å². The van der Waals surface area contributed by atoms with E-state index in [4.69, 9.17) is 4.84 Å². The second-order valence-electron chi connectivity index (χ2n) is 5.82. The molecule has 106 valence electrons. The smallest absolute Gasteiger partial charge is 0.357 e. The normalized spacial score (nSPS) is 32.2. The summed E-state index contributed by atoms with van der Waals surface area (Å²) in [5, 5.41) is 10.9. The van der Waals surface area contributed by atoms with Gasteiger partial charge in [-0.1, -0.05) is 25.1 Å². The van der Waals surface area contributed by atoms with Crippen molar-refractivity contribution >= 4 is 11.9 Å². The maximum atomic E-state index is 12.0. The van der Waals surface area contributed by atoms with Gasteiger partial charge >= 0.3 is 11.9 Å². The summed E-state index contributed by atoms with van der Waals surface area (Å²) in [5.74, 6) is -0.769. The summed E-state index contributed by atoms with van der Waals surface area (Å²) < 4.78 is 0. The molecule has 0 amide bonds. The van der Waals surface area contributed by atoms with Gasteiger partial charge in [-0.15, -0.1) is 5.06 Å². The lowest BCUT2D eigenvalue weighted by molar-refractivity contribution is -0.163. The molecule has 2 unspecified atom stereocenters. The van der Waals surface area contributed by atoms with Crippen LogP contribution in [0.15, 0.2) is 30.3 Å². The van der Waals surface area contributed by atoms with Crippen LogP contribution in [0.4, 0.5) is 0 Å². The quantitative estimate of drug-likeness (QED) is 0.911. The van der Waals surface area contributed by atoms with Crippen LogP contribution in [-0.4, -0.2) is 35.2 Å². The Morgan fingerprint density at radius 2 is 2.05 bits per heavy atom. The van der Waals surface area contributed by atoms with Crippen LogP contribution in [0.25, 0.3) is 0 Å². The van der Waals surface area contributed by atoms with E-state index in [1.54, 1.807) is 24.3 Å². The molecule has 20 heavy (non-hydrogen) atoms. The number of carbonyl (C=O) groups is 2. The first kappa shape index (κ1) is 13.1. The summed E-state index contributed by atoms with van der Waals surface area (Å²) in [5.41, 5.74) is -0.250. The molecule has 1 aromatic rings. The van der Waals surface area contributed by atoms with Gasteiger partial charge in [-0.2, -0.15) is 0 Å². The number of aliphatic carboxylic acids is 1. The number of carbonyl (C=O) groups excluding carboxylic acids is 1. The van der Waals surface area contributed by atoms with Gasteiger partial charge in [0.2, 0.25) is 0 Å². The Morgan fingerprint density at radius 3 is 2.60 bits per heavy atom. The van der Waals surface area contributed by atoms with Gasteiger partial charge in [0.1, 0.15) is 0 Å². The van der Waals surface area contributed by atoms with Crippen molar-refractivity contribution in [1.29, 1.82) is 0 Å². The topological polar surface area (TPSA) is 66.8 Å². The zero-order valence-corrected chi connectivity index (χ0v) is 11.3. The highest BCUT2D eigenvalue weighted by Crippen LogP contribution is 2.55. The van der Waals surface area contributed by atoms with E-state index in [-0.39, 0.29) is 12.5 Å². The first-order chi connectivity index (χ1) is 9.53. The minimum absolute atomic E-state index is 0.0728. The summed E-state index contributed by atoms with van der Waals surface area (Å²) in [6.45, 7) is 2.84. The van der Waals surface area contributed by atoms with E-state index in [2.05, 4.69) is 0 Å². The van der Waals surface area contributed by atoms with E-state index in [0.717, 1.165) is 0 Å². The summed E-state index contributed by atoms with van der Waals surface area (Å²) in [6, 6.07) is 8.73. The van der Waals surface area contributed by atoms with Gasteiger partial charge in [-0.25, -0.2) is 4.79 Å². The highest BCUT2D eigenvalue weighted by atomic mass is 16.7. The van der Waals surface area contributed by atoms with Crippen molar-refractivity contribution in [2.75, 3.05) is 13.1 Å². The molecule has 1 aromatic carbocycles. The lowest BCUT2D eigenvalue weighted by Crippen LogP contribution is -2.51. The van der Waals surface area contributed by atoms with Crippen molar-refractivity contribution in [1.82, 2.24) is 5.06 Å². The Labute approximate surface area is 117 Å². The number of benzene rings is 1. The zero-order valence-electron chi connectivity index (χ0n) is 11.3. The number of nitrogens with zero attached hydrogens (tertiary/aromatic N) is 1. The number of carboxylic acid groups (broad SMARTS) is 1. The Kier molecular flexibility index (Phi) is 3.01. The van der Waals surface area contributed by atoms with Crippen LogP contribution >= 0.6 is 0 Å². The average Bonchev–Trinajstić information content (AvgIpc) is 2.73. The SMILES string of the molecule is C[C@H]1CC2(C(=O)O)CN(OC(=O)c3ccccc3)CC12. The summed E-state index contributed by atoms with van der Waals surface area (Å²) in [7, 11) is 0. The fourth-order valence-corrected chi connectivity index (χ4v) is 3.51. The second kappa shape index (κ2) is 4.59. The molecule has 1 heterocycles. The van der Waals surface area contributed by atoms with Gasteiger partial charge in [-0.05, 0) is 30.4 Å². The van der Waals surface area contributed by atoms with Gasteiger partial charge in [0, 0.05) is 6.54 Å². The van der Waals surface area contributed by atoms with Gasteiger partial charge in [-0.3, -0.25) is 4.79 Å². The molecule has 1 aliphatic carbocycles. The lowest BCUT2D eigenvalue weighted by atomic mass is 9.56. The van der Waals surface area contributed by atoms with Crippen LogP contribution in [0, 0.1) is 17.3 Å². The number of carboxylic acids is 1. The van der Waals surface area contributed by atoms with Crippen molar-refractivity contribution in [3.63, 3.8) is 0 Å². The molecule has 0 spiro atoms. The number of hydrogen-bond donors (Lipinski definition) is 1. The molecule has 2 aliphatic rings. The first-order valence-electron chi connectivity index (χ1n) is 6.78. The average molecular weight is 275 g/mol. The van der Waals surface area contributed by atoms with Gasteiger partial charge in [0.15, 0.2) is 0 Å². The maximum absolute atomic E-state index is 12.0. The third-order valence-corrected chi connectivity index (χ3v) is 4.59. The van der Waals surface area contributed by atoms with Crippen LogP contribution < -0.4 is 0 Å². The molecule has 1 saturated heterocycles. The molecule has 1 saturated carbocycles. The predicted octanol–water partition coefficient (Wildman–Crippen LogP) is 1.80. The molecule has 0 bridgehead atoms. The third kappa shape index (κ3) is 1.89. The molecule has 2 fully saturated rings. The number of hydrogen-bond acceptors (Lipinski definition) is 4. The highest BCUT2D eigenvalue weighted by Gasteiger charge is 2.63. The highest BCUT2D eigenvalue weighted by molar-refractivity contribution is 5.89. The first-order valence-corrected chi connectivity index (χ1v) is 6.78. The minimum Gasteiger partial charge on any atom is -0.481 e. The predicted molar refractivity (Wildman–Crippen MR) is 70.8 cm³/mol. The monoisotopic (exact) mass is 275 g/mol. The Bertz CT molecular complexity index is 544. The van der Waals surface area contributed by atoms with Crippen molar-refractivity contribution in [2.24, 2.45) is 17.3 Å². The molecule has 1 N–H and O–H groups in total. The molecule has 5 heteroatoms. The standard InChI is InChI=1S/C15H17NO4/c1-10-7-15(14(18)19)9-16(8-12(10)15)20-13(17)11-5-3-2-4-6-11/h2-6,10,12H,7-9H2,1H3,(H,18,19)/t10-,12?,15?/m0/s1. The largest absolute Gasteiger partial charge is 0.481 e. The Hall–Kier alpha value is -1.88. The molecule has 3 atom stereocenters. The molecular weight excluding hydrogens is 258 g/mol. The third-order valence-electron chi connectivity index (χ3n) is 4.59. The van der Waals surface area contributed by atoms with E-state index in [1.165, 1.54) is 5.06 Å². The maximum Gasteiger partial charge on any atom is 0.357 e. The van der Waals surface area contributed by atoms with Crippen LogP contribution in [-0.2, 0) is 9.63 Å². The van der Waals surface area contributed by atoms with Crippen molar-refractivity contribution in [3.05, 3.63) is 35.9 Å². The summed E-state index contributed by atoms with van der Waals surface area (Å²) in [4.78, 5) is 28.8. The van der Waals surface area contributed by atoms with Crippen LogP contribution in [0.3, 0.4) is 0 Å². The zero-order chi connectivity index (χ0) is 14.3. The Morgan fingerprint density at radius 1 is 1.35 bits per heavy atom. The van der Waals surface area contributed by atoms with Crippen molar-refractivity contribution in [2.45, 2.75) is 13.3 Å². The lowest BCUT2D eigenvalue weighted by Gasteiger charge is -2.45. The van der Waals surface area contributed by atoms with Crippen molar-refractivity contribution in [3.8, 4) is 0 Å². The Balaban J connectivity index is 1.69. The molecule has 0 aromatic heterocycles.